The van der Waals surface area contributed by atoms with E-state index in [1.807, 2.05) is 20.8 Å². The second-order valence-electron chi connectivity index (χ2n) is 5.34. The molecule has 0 bridgehead atoms. The summed E-state index contributed by atoms with van der Waals surface area (Å²) in [6.07, 6.45) is 0.0319. The summed E-state index contributed by atoms with van der Waals surface area (Å²) >= 11 is 0. The summed E-state index contributed by atoms with van der Waals surface area (Å²) in [5.41, 5.74) is 0.717. The molecular formula is C14H18N2O3. The lowest BCUT2D eigenvalue weighted by atomic mass is 9.88. The zero-order valence-electron chi connectivity index (χ0n) is 11.3. The first kappa shape index (κ1) is 14.9. The molecule has 0 spiro atoms. The molecule has 1 aromatic carbocycles. The molecule has 0 aliphatic heterocycles. The fourth-order valence-corrected chi connectivity index (χ4v) is 1.33. The molecule has 0 saturated heterocycles. The van der Waals surface area contributed by atoms with Crippen molar-refractivity contribution in [3.8, 4) is 0 Å². The molecule has 0 unspecified atom stereocenters. The monoisotopic (exact) mass is 262 g/mol. The summed E-state index contributed by atoms with van der Waals surface area (Å²) in [7, 11) is 0. The predicted octanol–water partition coefficient (Wildman–Crippen LogP) is 2.78. The van der Waals surface area contributed by atoms with Crippen LogP contribution >= 0.6 is 0 Å². The number of nitrogens with one attached hydrogen (secondary N) is 2. The van der Waals surface area contributed by atoms with E-state index in [0.29, 0.717) is 11.4 Å². The van der Waals surface area contributed by atoms with Gasteiger partial charge >= 0.3 is 5.97 Å². The van der Waals surface area contributed by atoms with Crippen LogP contribution < -0.4 is 5.32 Å². The third-order valence-electron chi connectivity index (χ3n) is 2.66. The number of aromatic carboxylic acids is 1. The van der Waals surface area contributed by atoms with Crippen LogP contribution in [-0.4, -0.2) is 22.7 Å². The number of carboxylic acid groups (broad SMARTS) is 1. The maximum absolute atomic E-state index is 11.7. The minimum Gasteiger partial charge on any atom is -0.478 e. The molecule has 0 saturated carbocycles. The summed E-state index contributed by atoms with van der Waals surface area (Å²) in [4.78, 5) is 22.4. The zero-order chi connectivity index (χ0) is 14.6. The molecule has 0 fully saturated rings. The highest BCUT2D eigenvalue weighted by atomic mass is 16.4. The number of hydrogen-bond donors (Lipinski definition) is 3. The highest BCUT2D eigenvalue weighted by Gasteiger charge is 2.19. The van der Waals surface area contributed by atoms with Gasteiger partial charge in [0.1, 0.15) is 0 Å². The van der Waals surface area contributed by atoms with Crippen LogP contribution in [0.1, 0.15) is 37.6 Å². The smallest absolute Gasteiger partial charge is 0.335 e. The SMILES string of the molecule is CC(C)(C)C(=N)CC(=O)Nc1ccc(C(=O)O)cc1. The minimum atomic E-state index is -1.01. The number of anilines is 1. The quantitative estimate of drug-likeness (QED) is 0.729. The molecule has 0 radical (unpaired) electrons. The summed E-state index contributed by atoms with van der Waals surface area (Å²) in [5.74, 6) is -1.28. The maximum atomic E-state index is 11.7. The van der Waals surface area contributed by atoms with Crippen molar-refractivity contribution in [3.63, 3.8) is 0 Å². The number of amides is 1. The normalized spacial score (nSPS) is 10.9. The molecule has 0 heterocycles. The second kappa shape index (κ2) is 5.65. The molecular weight excluding hydrogens is 244 g/mol. The first-order valence-corrected chi connectivity index (χ1v) is 5.91. The largest absolute Gasteiger partial charge is 0.478 e. The van der Waals surface area contributed by atoms with Crippen molar-refractivity contribution in [1.29, 1.82) is 5.41 Å². The van der Waals surface area contributed by atoms with Crippen molar-refractivity contribution in [2.75, 3.05) is 5.32 Å². The van der Waals surface area contributed by atoms with Gasteiger partial charge in [0.2, 0.25) is 5.91 Å². The summed E-state index contributed by atoms with van der Waals surface area (Å²) < 4.78 is 0. The highest BCUT2D eigenvalue weighted by Crippen LogP contribution is 2.18. The Balaban J connectivity index is 2.63. The van der Waals surface area contributed by atoms with Gasteiger partial charge in [-0.3, -0.25) is 4.79 Å². The molecule has 0 aliphatic carbocycles. The molecule has 1 amide bonds. The van der Waals surface area contributed by atoms with Gasteiger partial charge in [-0.05, 0) is 24.3 Å². The van der Waals surface area contributed by atoms with Crippen LogP contribution in [0.4, 0.5) is 5.69 Å². The van der Waals surface area contributed by atoms with E-state index >= 15 is 0 Å². The number of rotatable bonds is 4. The minimum absolute atomic E-state index is 0.0319. The molecule has 3 N–H and O–H groups in total. The van der Waals surface area contributed by atoms with Crippen molar-refractivity contribution in [1.82, 2.24) is 0 Å². The number of benzene rings is 1. The number of carboxylic acids is 1. The Kier molecular flexibility index (Phi) is 4.43. The van der Waals surface area contributed by atoms with Crippen molar-refractivity contribution in [2.45, 2.75) is 27.2 Å². The maximum Gasteiger partial charge on any atom is 0.335 e. The number of carbonyl (C=O) groups excluding carboxylic acids is 1. The molecule has 5 nitrogen and oxygen atoms in total. The third kappa shape index (κ3) is 4.54. The van der Waals surface area contributed by atoms with E-state index in [0.717, 1.165) is 0 Å². The van der Waals surface area contributed by atoms with Crippen molar-refractivity contribution < 1.29 is 14.7 Å². The lowest BCUT2D eigenvalue weighted by Gasteiger charge is -2.19. The molecule has 102 valence electrons. The first-order chi connectivity index (χ1) is 8.70. The molecule has 0 aromatic heterocycles. The molecule has 0 atom stereocenters. The summed E-state index contributed by atoms with van der Waals surface area (Å²) in [5, 5.41) is 19.2. The average molecular weight is 262 g/mol. The Morgan fingerprint density at radius 2 is 1.74 bits per heavy atom. The molecule has 1 aromatic rings. The van der Waals surface area contributed by atoms with Gasteiger partial charge in [-0.15, -0.1) is 0 Å². The topological polar surface area (TPSA) is 90.3 Å². The van der Waals surface area contributed by atoms with Crippen LogP contribution in [-0.2, 0) is 4.79 Å². The fraction of sp³-hybridized carbons (Fsp3) is 0.357. The average Bonchev–Trinajstić information content (AvgIpc) is 2.28. The molecule has 1 rings (SSSR count). The summed E-state index contributed by atoms with van der Waals surface area (Å²) in [6.45, 7) is 5.64. The van der Waals surface area contributed by atoms with Crippen LogP contribution in [0.5, 0.6) is 0 Å². The standard InChI is InChI=1S/C14H18N2O3/c1-14(2,3)11(15)8-12(17)16-10-6-4-9(5-7-10)13(18)19/h4-7,15H,8H2,1-3H3,(H,16,17)(H,18,19). The van der Waals surface area contributed by atoms with Crippen LogP contribution in [0.3, 0.4) is 0 Å². The molecule has 5 heteroatoms. The third-order valence-corrected chi connectivity index (χ3v) is 2.66. The van der Waals surface area contributed by atoms with Gasteiger partial charge in [0.25, 0.3) is 0 Å². The van der Waals surface area contributed by atoms with Crippen LogP contribution in [0.2, 0.25) is 0 Å². The first-order valence-electron chi connectivity index (χ1n) is 5.91. The lowest BCUT2D eigenvalue weighted by molar-refractivity contribution is -0.115. The molecule has 19 heavy (non-hydrogen) atoms. The van der Waals surface area contributed by atoms with E-state index in [4.69, 9.17) is 10.5 Å². The van der Waals surface area contributed by atoms with Crippen molar-refractivity contribution in [2.24, 2.45) is 5.41 Å². The Morgan fingerprint density at radius 1 is 1.21 bits per heavy atom. The summed E-state index contributed by atoms with van der Waals surface area (Å²) in [6, 6.07) is 5.91. The molecule has 0 aliphatic rings. The Bertz CT molecular complexity index is 498. The number of carbonyl (C=O) groups is 2. The van der Waals surface area contributed by atoms with Crippen molar-refractivity contribution >= 4 is 23.3 Å². The van der Waals surface area contributed by atoms with E-state index in [2.05, 4.69) is 5.32 Å². The van der Waals surface area contributed by atoms with Gasteiger partial charge in [-0.25, -0.2) is 4.79 Å². The van der Waals surface area contributed by atoms with Crippen LogP contribution in [0.25, 0.3) is 0 Å². The Hall–Kier alpha value is -2.17. The van der Waals surface area contributed by atoms with Gasteiger partial charge in [-0.2, -0.15) is 0 Å². The highest BCUT2D eigenvalue weighted by molar-refractivity contribution is 6.07. The van der Waals surface area contributed by atoms with Crippen LogP contribution in [0, 0.1) is 10.8 Å². The van der Waals surface area contributed by atoms with Gasteiger partial charge < -0.3 is 15.8 Å². The lowest BCUT2D eigenvalue weighted by Crippen LogP contribution is -2.25. The fourth-order valence-electron chi connectivity index (χ4n) is 1.33. The van der Waals surface area contributed by atoms with E-state index in [-0.39, 0.29) is 23.3 Å². The van der Waals surface area contributed by atoms with Gasteiger partial charge in [0, 0.05) is 16.8 Å². The second-order valence-corrected chi connectivity index (χ2v) is 5.34. The Morgan fingerprint density at radius 3 is 2.16 bits per heavy atom. The van der Waals surface area contributed by atoms with Gasteiger partial charge in [-0.1, -0.05) is 20.8 Å². The van der Waals surface area contributed by atoms with Crippen molar-refractivity contribution in [3.05, 3.63) is 29.8 Å². The zero-order valence-corrected chi connectivity index (χ0v) is 11.3. The van der Waals surface area contributed by atoms with Gasteiger partial charge in [0.05, 0.1) is 12.0 Å². The van der Waals surface area contributed by atoms with E-state index in [9.17, 15) is 9.59 Å². The number of hydrogen-bond acceptors (Lipinski definition) is 3. The Labute approximate surface area is 112 Å². The van der Waals surface area contributed by atoms with Gasteiger partial charge in [0.15, 0.2) is 0 Å². The van der Waals surface area contributed by atoms with E-state index < -0.39 is 5.97 Å². The van der Waals surface area contributed by atoms with Crippen LogP contribution in [0.15, 0.2) is 24.3 Å². The van der Waals surface area contributed by atoms with E-state index in [1.165, 1.54) is 24.3 Å². The van der Waals surface area contributed by atoms with E-state index in [1.54, 1.807) is 0 Å². The predicted molar refractivity (Wildman–Crippen MR) is 73.8 cm³/mol.